The summed E-state index contributed by atoms with van der Waals surface area (Å²) in [7, 11) is 0. The van der Waals surface area contributed by atoms with E-state index < -0.39 is 5.54 Å². The molecule has 0 amide bonds. The predicted molar refractivity (Wildman–Crippen MR) is 253 cm³/mol. The van der Waals surface area contributed by atoms with Crippen molar-refractivity contribution in [3.63, 3.8) is 0 Å². The van der Waals surface area contributed by atoms with Crippen molar-refractivity contribution in [3.05, 3.63) is 205 Å². The van der Waals surface area contributed by atoms with Crippen LogP contribution in [0.25, 0.3) is 87.6 Å². The van der Waals surface area contributed by atoms with Crippen LogP contribution in [0.4, 0.5) is 0 Å². The van der Waals surface area contributed by atoms with E-state index in [-0.39, 0.29) is 11.8 Å². The summed E-state index contributed by atoms with van der Waals surface area (Å²) in [6.07, 6.45) is 0. The number of rotatable bonds is 3. The topological polar surface area (TPSA) is 38.5 Å². The SMILES string of the molecule is CC1C2C(n3c4ccccc4c4cc5c(cc43)n3c4ccccc4c4cccc(c6cccc7cc(-c8ccccc8)n5c76)c43)=NC(c3ccccc3)=N[C@@]12c1ccccc1. The fraction of sp³-hybridized carbons (Fsp3) is 0.0714. The van der Waals surface area contributed by atoms with E-state index >= 15 is 0 Å². The number of aromatic nitrogens is 3. The number of nitrogens with zero attached hydrogens (tertiary/aromatic N) is 5. The highest BCUT2D eigenvalue weighted by molar-refractivity contribution is 6.25. The molecule has 0 radical (unpaired) electrons. The molecule has 1 aliphatic carbocycles. The normalized spacial score (nSPS) is 18.8. The molecule has 61 heavy (non-hydrogen) atoms. The van der Waals surface area contributed by atoms with Crippen LogP contribution in [-0.4, -0.2) is 25.0 Å². The largest absolute Gasteiger partial charge is 0.307 e. The highest BCUT2D eigenvalue weighted by atomic mass is 15.2. The van der Waals surface area contributed by atoms with Gasteiger partial charge in [-0.3, -0.25) is 9.56 Å². The molecule has 0 bridgehead atoms. The molecule has 0 saturated heterocycles. The van der Waals surface area contributed by atoms with Gasteiger partial charge in [0.25, 0.3) is 0 Å². The maximum absolute atomic E-state index is 5.62. The van der Waals surface area contributed by atoms with Gasteiger partial charge < -0.3 is 8.80 Å². The van der Waals surface area contributed by atoms with Crippen molar-refractivity contribution >= 4 is 88.0 Å². The maximum atomic E-state index is 5.62. The standard InChI is InChI=1S/C56H37N5/c1-34-51-55(57-54(36-19-7-3-8-20-36)58-56(34,51)38-22-9-4-10-23-38)61-46-30-14-12-25-40(46)44-32-49-50(33-48(44)61)59-45-29-13-11-24-39(45)41-27-16-28-43(53(41)59)42-26-15-21-37-31-47(60(49)52(37)42)35-17-5-2-6-18-35/h2-34,51H,1H3/t34?,51?,56-/m1/s1. The maximum Gasteiger partial charge on any atom is 0.157 e. The molecule has 12 aromatic rings. The molecule has 4 aromatic heterocycles. The van der Waals surface area contributed by atoms with Gasteiger partial charge >= 0.3 is 0 Å². The average Bonchev–Trinajstić information content (AvgIpc) is 3.59. The van der Waals surface area contributed by atoms with Crippen LogP contribution in [0, 0.1) is 11.8 Å². The highest BCUT2D eigenvalue weighted by Crippen LogP contribution is 2.63. The van der Waals surface area contributed by atoms with Gasteiger partial charge in [0.15, 0.2) is 5.84 Å². The molecule has 2 unspecified atom stereocenters. The zero-order valence-electron chi connectivity index (χ0n) is 33.4. The third-order valence-electron chi connectivity index (χ3n) is 14.0. The monoisotopic (exact) mass is 779 g/mol. The Morgan fingerprint density at radius 3 is 1.77 bits per heavy atom. The molecule has 5 heterocycles. The van der Waals surface area contributed by atoms with E-state index in [1.54, 1.807) is 0 Å². The van der Waals surface area contributed by atoms with Gasteiger partial charge in [-0.2, -0.15) is 0 Å². The van der Waals surface area contributed by atoms with Crippen molar-refractivity contribution in [3.8, 4) is 11.3 Å². The number of benzene rings is 8. The van der Waals surface area contributed by atoms with Crippen molar-refractivity contribution in [2.45, 2.75) is 12.5 Å². The zero-order valence-corrected chi connectivity index (χ0v) is 33.4. The Bertz CT molecular complexity index is 3890. The van der Waals surface area contributed by atoms with Crippen LogP contribution in [0.2, 0.25) is 0 Å². The van der Waals surface area contributed by atoms with Crippen LogP contribution in [-0.2, 0) is 5.54 Å². The first-order valence-electron chi connectivity index (χ1n) is 21.3. The summed E-state index contributed by atoms with van der Waals surface area (Å²) < 4.78 is 7.57. The van der Waals surface area contributed by atoms with Gasteiger partial charge in [0.2, 0.25) is 0 Å². The lowest BCUT2D eigenvalue weighted by Gasteiger charge is -2.22. The van der Waals surface area contributed by atoms with Gasteiger partial charge in [-0.1, -0.05) is 171 Å². The summed E-state index contributed by atoms with van der Waals surface area (Å²) >= 11 is 0. The smallest absolute Gasteiger partial charge is 0.157 e. The predicted octanol–water partition coefficient (Wildman–Crippen LogP) is 13.4. The molecule has 5 heteroatoms. The molecule has 14 rings (SSSR count). The molecule has 1 fully saturated rings. The first-order chi connectivity index (χ1) is 30.2. The van der Waals surface area contributed by atoms with Crippen LogP contribution in [0.15, 0.2) is 204 Å². The minimum Gasteiger partial charge on any atom is -0.307 e. The zero-order chi connectivity index (χ0) is 40.0. The average molecular weight is 780 g/mol. The lowest BCUT2D eigenvalue weighted by atomic mass is 9.99. The molecule has 2 aliphatic rings. The number of para-hydroxylation sites is 4. The van der Waals surface area contributed by atoms with E-state index in [2.05, 4.69) is 214 Å². The minimum absolute atomic E-state index is 0.0869. The van der Waals surface area contributed by atoms with Crippen molar-refractivity contribution in [2.75, 3.05) is 0 Å². The van der Waals surface area contributed by atoms with E-state index in [4.69, 9.17) is 9.98 Å². The number of amidine groups is 1. The lowest BCUT2D eigenvalue weighted by Crippen LogP contribution is -2.27. The molecule has 1 saturated carbocycles. The summed E-state index contributed by atoms with van der Waals surface area (Å²) in [6, 6.07) is 71.0. The van der Waals surface area contributed by atoms with Gasteiger partial charge in [0.1, 0.15) is 11.4 Å². The number of aliphatic imine (C=N–C) groups is 2. The molecule has 8 aromatic carbocycles. The Balaban J connectivity index is 1.20. The van der Waals surface area contributed by atoms with E-state index in [0.717, 1.165) is 39.3 Å². The Labute approximate surface area is 350 Å². The van der Waals surface area contributed by atoms with Crippen LogP contribution >= 0.6 is 0 Å². The summed E-state index contributed by atoms with van der Waals surface area (Å²) in [5, 5.41) is 8.56. The fourth-order valence-electron chi connectivity index (χ4n) is 11.3. The molecule has 286 valence electrons. The van der Waals surface area contributed by atoms with Gasteiger partial charge in [-0.05, 0) is 47.4 Å². The number of hydrogen-bond donors (Lipinski definition) is 0. The molecule has 5 nitrogen and oxygen atoms in total. The van der Waals surface area contributed by atoms with Crippen LogP contribution < -0.4 is 0 Å². The van der Waals surface area contributed by atoms with E-state index in [9.17, 15) is 0 Å². The van der Waals surface area contributed by atoms with Gasteiger partial charge in [0, 0.05) is 43.3 Å². The Morgan fingerprint density at radius 2 is 1.02 bits per heavy atom. The van der Waals surface area contributed by atoms with Crippen molar-refractivity contribution in [1.29, 1.82) is 0 Å². The van der Waals surface area contributed by atoms with Gasteiger partial charge in [-0.15, -0.1) is 0 Å². The second-order valence-electron chi connectivity index (χ2n) is 17.0. The molecule has 0 N–H and O–H groups in total. The molecule has 1 aliphatic heterocycles. The molecular formula is C56H37N5. The second-order valence-corrected chi connectivity index (χ2v) is 17.0. The molecule has 0 spiro atoms. The number of hydrogen-bond acceptors (Lipinski definition) is 2. The number of fused-ring (bicyclic) bond motifs is 11. The van der Waals surface area contributed by atoms with E-state index in [1.807, 2.05) is 0 Å². The van der Waals surface area contributed by atoms with Crippen molar-refractivity contribution < 1.29 is 0 Å². The van der Waals surface area contributed by atoms with Crippen molar-refractivity contribution in [1.82, 2.24) is 13.4 Å². The lowest BCUT2D eigenvalue weighted by molar-refractivity contribution is 0.653. The second kappa shape index (κ2) is 11.9. The third kappa shape index (κ3) is 4.29. The van der Waals surface area contributed by atoms with E-state index in [0.29, 0.717) is 0 Å². The Morgan fingerprint density at radius 1 is 0.443 bits per heavy atom. The van der Waals surface area contributed by atoms with Crippen molar-refractivity contribution in [2.24, 2.45) is 21.8 Å². The summed E-state index contributed by atoms with van der Waals surface area (Å²) in [5.41, 5.74) is 12.4. The summed E-state index contributed by atoms with van der Waals surface area (Å²) in [5.74, 6) is 2.16. The van der Waals surface area contributed by atoms with Gasteiger partial charge in [0.05, 0.1) is 50.2 Å². The first-order valence-corrected chi connectivity index (χ1v) is 21.3. The summed E-state index contributed by atoms with van der Waals surface area (Å²) in [6.45, 7) is 2.35. The third-order valence-corrected chi connectivity index (χ3v) is 14.0. The Kier molecular flexibility index (Phi) is 6.47. The highest BCUT2D eigenvalue weighted by Gasteiger charge is 2.68. The van der Waals surface area contributed by atoms with Gasteiger partial charge in [-0.25, -0.2) is 4.99 Å². The summed E-state index contributed by atoms with van der Waals surface area (Å²) in [4.78, 5) is 11.2. The quantitative estimate of drug-likeness (QED) is 0.171. The van der Waals surface area contributed by atoms with Crippen LogP contribution in [0.3, 0.4) is 0 Å². The fourth-order valence-corrected chi connectivity index (χ4v) is 11.3. The van der Waals surface area contributed by atoms with Crippen LogP contribution in [0.1, 0.15) is 18.1 Å². The first kappa shape index (κ1) is 33.1. The van der Waals surface area contributed by atoms with E-state index in [1.165, 1.54) is 71.1 Å². The molecule has 3 atom stereocenters. The molecular weight excluding hydrogens is 743 g/mol. The Hall–Kier alpha value is -7.76. The minimum atomic E-state index is -0.419. The van der Waals surface area contributed by atoms with Crippen LogP contribution in [0.5, 0.6) is 0 Å².